The van der Waals surface area contributed by atoms with Gasteiger partial charge in [-0.3, -0.25) is 0 Å². The van der Waals surface area contributed by atoms with Crippen molar-refractivity contribution >= 4 is 11.8 Å². The molecule has 1 aromatic carbocycles. The molecule has 0 aliphatic carbocycles. The lowest BCUT2D eigenvalue weighted by atomic mass is 10.1. The maximum absolute atomic E-state index is 11.7. The van der Waals surface area contributed by atoms with Crippen molar-refractivity contribution in [1.29, 1.82) is 0 Å². The van der Waals surface area contributed by atoms with Crippen LogP contribution in [0.3, 0.4) is 0 Å². The van der Waals surface area contributed by atoms with Crippen molar-refractivity contribution in [3.05, 3.63) is 65.6 Å². The third-order valence-corrected chi connectivity index (χ3v) is 4.56. The van der Waals surface area contributed by atoms with Crippen LogP contribution in [0.4, 0.5) is 5.82 Å². The van der Waals surface area contributed by atoms with Crippen LogP contribution in [-0.4, -0.2) is 50.9 Å². The third kappa shape index (κ3) is 3.79. The summed E-state index contributed by atoms with van der Waals surface area (Å²) in [6.07, 6.45) is 2.89. The largest absolute Gasteiger partial charge is 0.464 e. The van der Waals surface area contributed by atoms with E-state index in [9.17, 15) is 4.79 Å². The van der Waals surface area contributed by atoms with E-state index in [1.807, 2.05) is 22.9 Å². The number of anilines is 1. The van der Waals surface area contributed by atoms with Crippen LogP contribution in [0.2, 0.25) is 0 Å². The summed E-state index contributed by atoms with van der Waals surface area (Å²) in [5.74, 6) is 2.07. The van der Waals surface area contributed by atoms with Crippen LogP contribution in [0.5, 0.6) is 0 Å². The van der Waals surface area contributed by atoms with Crippen LogP contribution in [-0.2, 0) is 24.1 Å². The van der Waals surface area contributed by atoms with Crippen molar-refractivity contribution < 1.29 is 9.53 Å². The second-order valence-electron chi connectivity index (χ2n) is 6.32. The van der Waals surface area contributed by atoms with Crippen molar-refractivity contribution in [2.45, 2.75) is 19.4 Å². The molecule has 0 bridgehead atoms. The minimum absolute atomic E-state index is 0.257. The molecule has 0 N–H and O–H groups in total. The Morgan fingerprint density at radius 1 is 1.15 bits per heavy atom. The predicted octanol–water partition coefficient (Wildman–Crippen LogP) is 1.51. The number of carbonyl (C=O) groups excluding carboxylic acids is 1. The molecule has 27 heavy (non-hydrogen) atoms. The van der Waals surface area contributed by atoms with E-state index in [0.29, 0.717) is 12.4 Å². The van der Waals surface area contributed by atoms with Gasteiger partial charge in [-0.1, -0.05) is 30.3 Å². The van der Waals surface area contributed by atoms with Gasteiger partial charge in [0.2, 0.25) is 0 Å². The average Bonchev–Trinajstić information content (AvgIpc) is 2.98. The van der Waals surface area contributed by atoms with Gasteiger partial charge in [-0.15, -0.1) is 0 Å². The van der Waals surface area contributed by atoms with E-state index < -0.39 is 5.97 Å². The Bertz CT molecular complexity index is 915. The number of hydrogen-bond acceptors (Lipinski definition) is 7. The number of rotatable bonds is 4. The second kappa shape index (κ2) is 7.53. The standard InChI is InChI=1S/C19H20N6O2/c1-27-19(26)15-12-18(21-13-20-15)24-8-7-17-22-16(23-25(17)10-9-24)11-14-5-3-2-4-6-14/h2-6,12-13H,7-11H2,1H3. The highest BCUT2D eigenvalue weighted by Crippen LogP contribution is 2.16. The Morgan fingerprint density at radius 3 is 2.81 bits per heavy atom. The van der Waals surface area contributed by atoms with E-state index in [-0.39, 0.29) is 5.69 Å². The van der Waals surface area contributed by atoms with E-state index in [2.05, 4.69) is 32.1 Å². The molecular formula is C19H20N6O2. The first-order chi connectivity index (χ1) is 13.2. The SMILES string of the molecule is COC(=O)c1cc(N2CCc3nc(Cc4ccccc4)nn3CC2)ncn1. The summed E-state index contributed by atoms with van der Waals surface area (Å²) in [5, 5.41) is 4.67. The summed E-state index contributed by atoms with van der Waals surface area (Å²) in [4.78, 5) is 26.8. The Balaban J connectivity index is 1.46. The fraction of sp³-hybridized carbons (Fsp3) is 0.316. The molecule has 2 aromatic heterocycles. The third-order valence-electron chi connectivity index (χ3n) is 4.56. The normalized spacial score (nSPS) is 13.7. The quantitative estimate of drug-likeness (QED) is 0.649. The van der Waals surface area contributed by atoms with Gasteiger partial charge in [-0.2, -0.15) is 5.10 Å². The molecule has 0 spiro atoms. The number of carbonyl (C=O) groups is 1. The maximum Gasteiger partial charge on any atom is 0.356 e. The van der Waals surface area contributed by atoms with Crippen LogP contribution in [0.15, 0.2) is 42.7 Å². The summed E-state index contributed by atoms with van der Waals surface area (Å²) >= 11 is 0. The Morgan fingerprint density at radius 2 is 2.00 bits per heavy atom. The first-order valence-electron chi connectivity index (χ1n) is 8.85. The molecule has 3 heterocycles. The van der Waals surface area contributed by atoms with Gasteiger partial charge in [-0.25, -0.2) is 24.4 Å². The van der Waals surface area contributed by atoms with Gasteiger partial charge < -0.3 is 9.64 Å². The van der Waals surface area contributed by atoms with E-state index in [1.54, 1.807) is 6.07 Å². The molecule has 138 valence electrons. The minimum Gasteiger partial charge on any atom is -0.464 e. The molecular weight excluding hydrogens is 344 g/mol. The number of hydrogen-bond donors (Lipinski definition) is 0. The van der Waals surface area contributed by atoms with Gasteiger partial charge in [0.15, 0.2) is 11.5 Å². The monoisotopic (exact) mass is 364 g/mol. The zero-order valence-corrected chi connectivity index (χ0v) is 15.1. The molecule has 0 fully saturated rings. The lowest BCUT2D eigenvalue weighted by Gasteiger charge is -2.20. The lowest BCUT2D eigenvalue weighted by Crippen LogP contribution is -2.28. The summed E-state index contributed by atoms with van der Waals surface area (Å²) in [7, 11) is 1.34. The fourth-order valence-electron chi connectivity index (χ4n) is 3.17. The molecule has 8 nitrogen and oxygen atoms in total. The van der Waals surface area contributed by atoms with Gasteiger partial charge in [0.25, 0.3) is 0 Å². The first-order valence-corrected chi connectivity index (χ1v) is 8.85. The number of benzene rings is 1. The Labute approximate surface area is 156 Å². The zero-order chi connectivity index (χ0) is 18.6. The second-order valence-corrected chi connectivity index (χ2v) is 6.32. The predicted molar refractivity (Wildman–Crippen MR) is 98.6 cm³/mol. The number of fused-ring (bicyclic) bond motifs is 1. The average molecular weight is 364 g/mol. The van der Waals surface area contributed by atoms with Gasteiger partial charge in [0.1, 0.15) is 18.0 Å². The van der Waals surface area contributed by atoms with Crippen molar-refractivity contribution in [2.75, 3.05) is 25.1 Å². The molecule has 8 heteroatoms. The number of aromatic nitrogens is 5. The van der Waals surface area contributed by atoms with Gasteiger partial charge in [-0.05, 0) is 5.56 Å². The van der Waals surface area contributed by atoms with Crippen molar-refractivity contribution in [2.24, 2.45) is 0 Å². The molecule has 4 rings (SSSR count). The van der Waals surface area contributed by atoms with Gasteiger partial charge in [0, 0.05) is 32.0 Å². The zero-order valence-electron chi connectivity index (χ0n) is 15.1. The highest BCUT2D eigenvalue weighted by Gasteiger charge is 2.19. The number of ether oxygens (including phenoxy) is 1. The van der Waals surface area contributed by atoms with Gasteiger partial charge in [0.05, 0.1) is 13.7 Å². The molecule has 0 saturated heterocycles. The molecule has 0 amide bonds. The van der Waals surface area contributed by atoms with Crippen LogP contribution >= 0.6 is 0 Å². The molecule has 3 aromatic rings. The van der Waals surface area contributed by atoms with Crippen molar-refractivity contribution in [3.63, 3.8) is 0 Å². The summed E-state index contributed by atoms with van der Waals surface area (Å²) in [6, 6.07) is 11.9. The molecule has 0 unspecified atom stereocenters. The van der Waals surface area contributed by atoms with E-state index in [4.69, 9.17) is 9.72 Å². The van der Waals surface area contributed by atoms with E-state index in [0.717, 1.165) is 37.6 Å². The number of nitrogens with zero attached hydrogens (tertiary/aromatic N) is 6. The highest BCUT2D eigenvalue weighted by molar-refractivity contribution is 5.87. The first kappa shape index (κ1) is 17.1. The fourth-order valence-corrected chi connectivity index (χ4v) is 3.17. The smallest absolute Gasteiger partial charge is 0.356 e. The number of esters is 1. The summed E-state index contributed by atoms with van der Waals surface area (Å²) in [5.41, 5.74) is 1.46. The van der Waals surface area contributed by atoms with Crippen LogP contribution < -0.4 is 4.90 Å². The van der Waals surface area contributed by atoms with E-state index in [1.165, 1.54) is 19.0 Å². The topological polar surface area (TPSA) is 86.0 Å². The molecule has 0 radical (unpaired) electrons. The van der Waals surface area contributed by atoms with Crippen molar-refractivity contribution in [3.8, 4) is 0 Å². The summed E-state index contributed by atoms with van der Waals surface area (Å²) in [6.45, 7) is 2.20. The van der Waals surface area contributed by atoms with Gasteiger partial charge >= 0.3 is 5.97 Å². The van der Waals surface area contributed by atoms with Crippen LogP contribution in [0.1, 0.15) is 27.7 Å². The Hall–Kier alpha value is -3.29. The molecule has 0 atom stereocenters. The maximum atomic E-state index is 11.7. The number of methoxy groups -OCH3 is 1. The van der Waals surface area contributed by atoms with Crippen LogP contribution in [0, 0.1) is 0 Å². The minimum atomic E-state index is -0.464. The Kier molecular flexibility index (Phi) is 4.78. The highest BCUT2D eigenvalue weighted by atomic mass is 16.5. The summed E-state index contributed by atoms with van der Waals surface area (Å²) < 4.78 is 6.70. The molecule has 0 saturated carbocycles. The van der Waals surface area contributed by atoms with Crippen molar-refractivity contribution in [1.82, 2.24) is 24.7 Å². The molecule has 1 aliphatic rings. The van der Waals surface area contributed by atoms with E-state index >= 15 is 0 Å². The molecule has 1 aliphatic heterocycles. The lowest BCUT2D eigenvalue weighted by molar-refractivity contribution is 0.0594. The van der Waals surface area contributed by atoms with Crippen LogP contribution in [0.25, 0.3) is 0 Å².